The summed E-state index contributed by atoms with van der Waals surface area (Å²) in [4.78, 5) is 38.1. The number of carbonyl (C=O) groups excluding carboxylic acids is 3. The highest BCUT2D eigenvalue weighted by Crippen LogP contribution is 2.17. The molecule has 0 atom stereocenters. The second-order valence-corrected chi connectivity index (χ2v) is 7.90. The van der Waals surface area contributed by atoms with Gasteiger partial charge in [0, 0.05) is 43.0 Å². The van der Waals surface area contributed by atoms with Crippen LogP contribution in [0, 0.1) is 0 Å². The molecule has 1 saturated heterocycles. The van der Waals surface area contributed by atoms with Crippen molar-refractivity contribution in [1.29, 1.82) is 0 Å². The molecule has 1 aliphatic heterocycles. The topological polar surface area (TPSA) is 111 Å². The third-order valence-corrected chi connectivity index (χ3v) is 4.15. The highest BCUT2D eigenvalue weighted by atomic mass is 16.5. The average molecular weight is 532 g/mol. The van der Waals surface area contributed by atoms with E-state index in [4.69, 9.17) is 4.74 Å². The SMILES string of the molecule is C.C=C(C)C(=O)OCCN(C)C.C=C(C)C(C)=O.C=CC(N)=O.C=CN1CCCC1=C.C=Cn1ccnc1. The summed E-state index contributed by atoms with van der Waals surface area (Å²) in [6, 6.07) is 0. The lowest BCUT2D eigenvalue weighted by atomic mass is 10.3. The van der Waals surface area contributed by atoms with Gasteiger partial charge in [0.05, 0.1) is 6.33 Å². The van der Waals surface area contributed by atoms with Crippen molar-refractivity contribution < 1.29 is 19.1 Å². The van der Waals surface area contributed by atoms with Crippen molar-refractivity contribution in [2.24, 2.45) is 5.73 Å². The van der Waals surface area contributed by atoms with Crippen LogP contribution in [0.15, 0.2) is 87.3 Å². The second kappa shape index (κ2) is 26.1. The number of primary amides is 1. The van der Waals surface area contributed by atoms with Crippen LogP contribution in [0.3, 0.4) is 0 Å². The van der Waals surface area contributed by atoms with Gasteiger partial charge in [-0.05, 0) is 65.6 Å². The fourth-order valence-electron chi connectivity index (χ4n) is 1.80. The van der Waals surface area contributed by atoms with Crippen molar-refractivity contribution in [2.75, 3.05) is 33.8 Å². The number of nitrogens with two attached hydrogens (primary N) is 1. The molecule has 0 aliphatic carbocycles. The predicted molar refractivity (Wildman–Crippen MR) is 160 cm³/mol. The van der Waals surface area contributed by atoms with Gasteiger partial charge in [0.15, 0.2) is 5.78 Å². The second-order valence-electron chi connectivity index (χ2n) is 7.90. The van der Waals surface area contributed by atoms with Crippen LogP contribution in [-0.2, 0) is 19.1 Å². The van der Waals surface area contributed by atoms with Crippen molar-refractivity contribution in [2.45, 2.75) is 41.0 Å². The summed E-state index contributed by atoms with van der Waals surface area (Å²) >= 11 is 0. The zero-order valence-corrected chi connectivity index (χ0v) is 23.2. The molecule has 0 unspecified atom stereocenters. The number of hydrogen-bond acceptors (Lipinski definition) is 7. The Morgan fingerprint density at radius 2 is 1.63 bits per heavy atom. The summed E-state index contributed by atoms with van der Waals surface area (Å²) in [5.41, 5.74) is 6.81. The highest BCUT2D eigenvalue weighted by molar-refractivity contribution is 5.91. The molecule has 1 aromatic rings. The van der Waals surface area contributed by atoms with E-state index in [9.17, 15) is 14.4 Å². The quantitative estimate of drug-likeness (QED) is 0.378. The number of ketones is 1. The lowest BCUT2D eigenvalue weighted by Crippen LogP contribution is -2.20. The number of imidazole rings is 1. The molecule has 0 aromatic carbocycles. The number of hydrogen-bond donors (Lipinski definition) is 1. The van der Waals surface area contributed by atoms with Gasteiger partial charge in [0.1, 0.15) is 6.61 Å². The normalized spacial score (nSPS) is 10.6. The Bertz CT molecular complexity index is 875. The van der Waals surface area contributed by atoms with Gasteiger partial charge in [0.2, 0.25) is 5.91 Å². The molecule has 2 rings (SSSR count). The third kappa shape index (κ3) is 28.3. The molecule has 0 spiro atoms. The Labute approximate surface area is 230 Å². The first-order chi connectivity index (χ1) is 17.2. The third-order valence-electron chi connectivity index (χ3n) is 4.15. The molecule has 0 bridgehead atoms. The van der Waals surface area contributed by atoms with Crippen molar-refractivity contribution in [3.63, 3.8) is 0 Å². The minimum Gasteiger partial charge on any atom is -0.461 e. The molecular weight excluding hydrogens is 482 g/mol. The van der Waals surface area contributed by atoms with Gasteiger partial charge in [-0.2, -0.15) is 0 Å². The largest absolute Gasteiger partial charge is 0.461 e. The first-order valence-corrected chi connectivity index (χ1v) is 11.5. The van der Waals surface area contributed by atoms with Gasteiger partial charge in [-0.3, -0.25) is 9.59 Å². The fourth-order valence-corrected chi connectivity index (χ4v) is 1.80. The molecule has 0 radical (unpaired) electrons. The van der Waals surface area contributed by atoms with E-state index in [0.29, 0.717) is 17.8 Å². The standard InChI is InChI=1S/C8H15NO2.C7H11N.C5H6N2.C5H8O.C3H5NO.CH4/c1-7(2)8(10)11-6-5-9(3)4;1-3-8-6-4-5-7(8)2;1-2-7-4-3-6-5-7;1-4(2)5(3)6;1-2-3(4)5;/h1,5-6H2,2-4H3;3H,1-2,4-6H2;2-5H,1H2;1H2,2-3H3;2H,1H2,(H2,4,5);1H4. The summed E-state index contributed by atoms with van der Waals surface area (Å²) in [5.74, 6) is -0.730. The van der Waals surface area contributed by atoms with Crippen LogP contribution < -0.4 is 5.73 Å². The van der Waals surface area contributed by atoms with Crippen LogP contribution in [0.2, 0.25) is 0 Å². The maximum absolute atomic E-state index is 10.8. The van der Waals surface area contributed by atoms with Crippen LogP contribution in [0.1, 0.15) is 41.0 Å². The molecule has 9 nitrogen and oxygen atoms in total. The summed E-state index contributed by atoms with van der Waals surface area (Å²) in [5, 5.41) is 0. The van der Waals surface area contributed by atoms with E-state index in [0.717, 1.165) is 25.6 Å². The number of allylic oxidation sites excluding steroid dienone is 2. The summed E-state index contributed by atoms with van der Waals surface area (Å²) in [6.07, 6.45) is 12.2. The van der Waals surface area contributed by atoms with E-state index >= 15 is 0 Å². The molecule has 0 saturated carbocycles. The molecule has 38 heavy (non-hydrogen) atoms. The van der Waals surface area contributed by atoms with Crippen LogP contribution in [0.25, 0.3) is 6.20 Å². The van der Waals surface area contributed by atoms with Gasteiger partial charge in [-0.1, -0.05) is 46.9 Å². The van der Waals surface area contributed by atoms with E-state index in [-0.39, 0.29) is 19.2 Å². The van der Waals surface area contributed by atoms with Crippen molar-refractivity contribution in [3.8, 4) is 0 Å². The number of amides is 1. The molecule has 214 valence electrons. The van der Waals surface area contributed by atoms with Gasteiger partial charge >= 0.3 is 5.97 Å². The lowest BCUT2D eigenvalue weighted by Gasteiger charge is -2.10. The molecule has 2 heterocycles. The zero-order chi connectivity index (χ0) is 29.4. The monoisotopic (exact) mass is 531 g/mol. The maximum Gasteiger partial charge on any atom is 0.333 e. The zero-order valence-electron chi connectivity index (χ0n) is 23.2. The van der Waals surface area contributed by atoms with Gasteiger partial charge in [-0.25, -0.2) is 9.78 Å². The van der Waals surface area contributed by atoms with E-state index in [1.165, 1.54) is 19.0 Å². The number of ether oxygens (including phenoxy) is 1. The maximum atomic E-state index is 10.8. The van der Waals surface area contributed by atoms with E-state index in [2.05, 4.69) is 55.1 Å². The lowest BCUT2D eigenvalue weighted by molar-refractivity contribution is -0.139. The van der Waals surface area contributed by atoms with Gasteiger partial charge in [-0.15, -0.1) is 0 Å². The number of esters is 1. The minimum atomic E-state index is -0.481. The van der Waals surface area contributed by atoms with E-state index in [1.54, 1.807) is 37.1 Å². The molecule has 1 aromatic heterocycles. The van der Waals surface area contributed by atoms with E-state index < -0.39 is 5.91 Å². The van der Waals surface area contributed by atoms with Crippen LogP contribution in [0.5, 0.6) is 0 Å². The fraction of sp³-hybridized carbons (Fsp3) is 0.379. The first-order valence-electron chi connectivity index (χ1n) is 11.5. The Morgan fingerprint density at radius 1 is 1.11 bits per heavy atom. The first kappa shape index (κ1) is 41.2. The predicted octanol–water partition coefficient (Wildman–Crippen LogP) is 4.84. The Hall–Kier alpha value is -3.98. The minimum absolute atomic E-state index is 0. The number of likely N-dealkylation sites (tertiary alicyclic amines) is 1. The summed E-state index contributed by atoms with van der Waals surface area (Å²) in [7, 11) is 3.85. The molecule has 2 N–H and O–H groups in total. The summed E-state index contributed by atoms with van der Waals surface area (Å²) < 4.78 is 6.61. The van der Waals surface area contributed by atoms with Crippen LogP contribution in [-0.4, -0.2) is 70.8 Å². The molecule has 9 heteroatoms. The smallest absolute Gasteiger partial charge is 0.333 e. The number of carbonyl (C=O) groups is 3. The molecule has 1 aliphatic rings. The van der Waals surface area contributed by atoms with Crippen molar-refractivity contribution in [1.82, 2.24) is 19.4 Å². The molecule has 1 fully saturated rings. The van der Waals surface area contributed by atoms with Crippen molar-refractivity contribution >= 4 is 23.9 Å². The van der Waals surface area contributed by atoms with Crippen molar-refractivity contribution in [3.05, 3.63) is 87.3 Å². The average Bonchev–Trinajstić information content (AvgIpc) is 3.51. The molecular formula is C29H49N5O4. The number of likely N-dealkylation sites (N-methyl/N-ethyl adjacent to an activating group) is 1. The Morgan fingerprint density at radius 3 is 1.84 bits per heavy atom. The summed E-state index contributed by atoms with van der Waals surface area (Å²) in [6.45, 7) is 28.1. The van der Waals surface area contributed by atoms with Crippen LogP contribution in [0.4, 0.5) is 0 Å². The van der Waals surface area contributed by atoms with Gasteiger partial charge in [0.25, 0.3) is 0 Å². The van der Waals surface area contributed by atoms with Gasteiger partial charge < -0.3 is 24.8 Å². The highest BCUT2D eigenvalue weighted by Gasteiger charge is 2.09. The van der Waals surface area contributed by atoms with E-state index in [1.807, 2.05) is 31.4 Å². The van der Waals surface area contributed by atoms with Crippen LogP contribution >= 0.6 is 0 Å². The number of aromatic nitrogens is 2. The Balaban J connectivity index is -0.000000194. The number of nitrogens with zero attached hydrogens (tertiary/aromatic N) is 4. The number of Topliss-reactive ketones (excluding diaryl/α,β-unsaturated/α-hetero) is 1. The Kier molecular flexibility index (Phi) is 28.3. The number of rotatable bonds is 8. The molecule has 1 amide bonds.